The number of carbonyl (C=O) groups is 3. The molecule has 1 aromatic heterocycles. The number of aryl methyl sites for hydroxylation is 1. The Kier molecular flexibility index (Phi) is 6.99. The molecule has 0 atom stereocenters. The summed E-state index contributed by atoms with van der Waals surface area (Å²) in [6.07, 6.45) is 1.10. The van der Waals surface area contributed by atoms with Crippen LogP contribution in [0.1, 0.15) is 34.6 Å². The molecule has 3 rings (SSSR count). The second kappa shape index (κ2) is 9.68. The van der Waals surface area contributed by atoms with Crippen LogP contribution < -0.4 is 4.74 Å². The van der Waals surface area contributed by atoms with Gasteiger partial charge in [0.05, 0.1) is 25.7 Å². The van der Waals surface area contributed by atoms with E-state index in [0.717, 1.165) is 22.8 Å². The van der Waals surface area contributed by atoms with Gasteiger partial charge in [0.1, 0.15) is 5.75 Å². The van der Waals surface area contributed by atoms with E-state index >= 15 is 0 Å². The van der Waals surface area contributed by atoms with E-state index in [1.54, 1.807) is 18.1 Å². The van der Waals surface area contributed by atoms with Crippen molar-refractivity contribution in [3.63, 3.8) is 0 Å². The van der Waals surface area contributed by atoms with Crippen molar-refractivity contribution in [2.45, 2.75) is 26.7 Å². The minimum Gasteiger partial charge on any atom is -0.497 e. The molecule has 1 fully saturated rings. The van der Waals surface area contributed by atoms with Gasteiger partial charge in [-0.15, -0.1) is 0 Å². The summed E-state index contributed by atoms with van der Waals surface area (Å²) in [4.78, 5) is 38.3. The van der Waals surface area contributed by atoms with Gasteiger partial charge in [0, 0.05) is 30.2 Å². The van der Waals surface area contributed by atoms with Gasteiger partial charge >= 0.3 is 11.9 Å². The topological polar surface area (TPSA) is 87.1 Å². The number of hydrogen-bond donors (Lipinski definition) is 0. The molecule has 1 aromatic carbocycles. The Hall–Kier alpha value is -3.29. The lowest BCUT2D eigenvalue weighted by Gasteiger charge is -2.30. The first-order valence-electron chi connectivity index (χ1n) is 10.2. The summed E-state index contributed by atoms with van der Waals surface area (Å²) in [7, 11) is 2.98. The predicted molar refractivity (Wildman–Crippen MR) is 113 cm³/mol. The molecule has 2 heterocycles. The molecule has 31 heavy (non-hydrogen) atoms. The van der Waals surface area contributed by atoms with Crippen LogP contribution in [0, 0.1) is 19.8 Å². The number of hydrogen-bond acceptors (Lipinski definition) is 6. The molecular formula is C23H28N2O6. The quantitative estimate of drug-likeness (QED) is 0.658. The number of likely N-dealkylation sites (tertiary alicyclic amines) is 1. The van der Waals surface area contributed by atoms with E-state index in [4.69, 9.17) is 14.2 Å². The summed E-state index contributed by atoms with van der Waals surface area (Å²) in [5, 5.41) is 0. The van der Waals surface area contributed by atoms with Crippen LogP contribution in [0.3, 0.4) is 0 Å². The zero-order valence-corrected chi connectivity index (χ0v) is 18.3. The van der Waals surface area contributed by atoms with Crippen molar-refractivity contribution < 1.29 is 28.6 Å². The van der Waals surface area contributed by atoms with Crippen molar-refractivity contribution in [2.75, 3.05) is 33.9 Å². The minimum absolute atomic E-state index is 0.181. The monoisotopic (exact) mass is 428 g/mol. The molecule has 166 valence electrons. The molecule has 0 unspecified atom stereocenters. The lowest BCUT2D eigenvalue weighted by Crippen LogP contribution is -2.42. The van der Waals surface area contributed by atoms with Gasteiger partial charge in [0.25, 0.3) is 5.91 Å². The first-order chi connectivity index (χ1) is 14.8. The van der Waals surface area contributed by atoms with E-state index in [9.17, 15) is 14.4 Å². The highest BCUT2D eigenvalue weighted by molar-refractivity contribution is 5.93. The average Bonchev–Trinajstić information content (AvgIpc) is 3.10. The average molecular weight is 428 g/mol. The van der Waals surface area contributed by atoms with Crippen LogP contribution in [0.5, 0.6) is 5.75 Å². The predicted octanol–water partition coefficient (Wildman–Crippen LogP) is 2.67. The molecule has 1 aliphatic heterocycles. The highest BCUT2D eigenvalue weighted by Gasteiger charge is 2.28. The number of carbonyl (C=O) groups excluding carboxylic acids is 3. The lowest BCUT2D eigenvalue weighted by atomic mass is 9.97. The standard InChI is InChI=1S/C23H28N2O6/c1-15-13-20(16(2)25(15)18-5-7-19(29-3)8-6-18)23(28)31-14-21(26)24-11-9-17(10-12-24)22(27)30-4/h5-8,13,17H,9-12,14H2,1-4H3. The van der Waals surface area contributed by atoms with E-state index in [2.05, 4.69) is 0 Å². The Labute approximate surface area is 181 Å². The fourth-order valence-corrected chi connectivity index (χ4v) is 3.93. The van der Waals surface area contributed by atoms with Gasteiger partial charge in [-0.1, -0.05) is 0 Å². The highest BCUT2D eigenvalue weighted by atomic mass is 16.5. The van der Waals surface area contributed by atoms with E-state index in [1.807, 2.05) is 42.7 Å². The number of nitrogens with zero attached hydrogens (tertiary/aromatic N) is 2. The second-order valence-corrected chi connectivity index (χ2v) is 7.57. The first kappa shape index (κ1) is 22.4. The third-order valence-electron chi connectivity index (χ3n) is 5.69. The van der Waals surface area contributed by atoms with Crippen molar-refractivity contribution in [2.24, 2.45) is 5.92 Å². The summed E-state index contributed by atoms with van der Waals surface area (Å²) < 4.78 is 17.2. The second-order valence-electron chi connectivity index (χ2n) is 7.57. The number of benzene rings is 1. The van der Waals surface area contributed by atoms with E-state index < -0.39 is 5.97 Å². The van der Waals surface area contributed by atoms with Crippen molar-refractivity contribution >= 4 is 17.8 Å². The van der Waals surface area contributed by atoms with Crippen LogP contribution in [0.15, 0.2) is 30.3 Å². The van der Waals surface area contributed by atoms with Gasteiger partial charge < -0.3 is 23.7 Å². The summed E-state index contributed by atoms with van der Waals surface area (Å²) in [6, 6.07) is 9.29. The van der Waals surface area contributed by atoms with Crippen LogP contribution in [0.2, 0.25) is 0 Å². The van der Waals surface area contributed by atoms with Gasteiger partial charge in [0.15, 0.2) is 6.61 Å². The summed E-state index contributed by atoms with van der Waals surface area (Å²) >= 11 is 0. The van der Waals surface area contributed by atoms with Gasteiger partial charge in [-0.2, -0.15) is 0 Å². The SMILES string of the molecule is COC(=O)C1CCN(C(=O)COC(=O)c2cc(C)n(-c3ccc(OC)cc3)c2C)CC1. The molecule has 8 nitrogen and oxygen atoms in total. The molecule has 2 aromatic rings. The fourth-order valence-electron chi connectivity index (χ4n) is 3.93. The molecule has 8 heteroatoms. The van der Waals surface area contributed by atoms with Crippen LogP contribution in [0.25, 0.3) is 5.69 Å². The zero-order valence-electron chi connectivity index (χ0n) is 18.3. The van der Waals surface area contributed by atoms with Gasteiger partial charge in [-0.3, -0.25) is 9.59 Å². The van der Waals surface area contributed by atoms with Gasteiger partial charge in [-0.25, -0.2) is 4.79 Å². The molecule has 1 aliphatic rings. The molecule has 1 saturated heterocycles. The molecule has 1 amide bonds. The number of methoxy groups -OCH3 is 2. The molecular weight excluding hydrogens is 400 g/mol. The van der Waals surface area contributed by atoms with Crippen molar-refractivity contribution in [1.29, 1.82) is 0 Å². The van der Waals surface area contributed by atoms with Gasteiger partial charge in [-0.05, 0) is 57.0 Å². The molecule has 0 N–H and O–H groups in total. The summed E-state index contributed by atoms with van der Waals surface area (Å²) in [5.74, 6) is -0.475. The number of aromatic nitrogens is 1. The number of esters is 2. The zero-order chi connectivity index (χ0) is 22.5. The van der Waals surface area contributed by atoms with E-state index in [0.29, 0.717) is 31.5 Å². The van der Waals surface area contributed by atoms with Crippen molar-refractivity contribution in [1.82, 2.24) is 9.47 Å². The minimum atomic E-state index is -0.536. The molecule has 0 radical (unpaired) electrons. The Morgan fingerprint density at radius 2 is 1.68 bits per heavy atom. The first-order valence-corrected chi connectivity index (χ1v) is 10.2. The Balaban J connectivity index is 1.61. The maximum absolute atomic E-state index is 12.6. The van der Waals surface area contributed by atoms with Gasteiger partial charge in [0.2, 0.25) is 0 Å². The molecule has 0 aliphatic carbocycles. The Morgan fingerprint density at radius 3 is 2.26 bits per heavy atom. The maximum Gasteiger partial charge on any atom is 0.340 e. The van der Waals surface area contributed by atoms with Crippen LogP contribution in [-0.4, -0.2) is 61.2 Å². The summed E-state index contributed by atoms with van der Waals surface area (Å²) in [6.45, 7) is 4.32. The van der Waals surface area contributed by atoms with Crippen LogP contribution in [0.4, 0.5) is 0 Å². The third-order valence-corrected chi connectivity index (χ3v) is 5.69. The number of amides is 1. The molecule has 0 saturated carbocycles. The van der Waals surface area contributed by atoms with E-state index in [1.165, 1.54) is 7.11 Å². The van der Waals surface area contributed by atoms with Crippen molar-refractivity contribution in [3.05, 3.63) is 47.3 Å². The molecule has 0 bridgehead atoms. The normalized spacial score (nSPS) is 14.3. The highest BCUT2D eigenvalue weighted by Crippen LogP contribution is 2.23. The van der Waals surface area contributed by atoms with E-state index in [-0.39, 0.29) is 24.4 Å². The number of rotatable bonds is 6. The summed E-state index contributed by atoms with van der Waals surface area (Å²) in [5.41, 5.74) is 2.94. The lowest BCUT2D eigenvalue weighted by molar-refractivity contribution is -0.149. The molecule has 0 spiro atoms. The maximum atomic E-state index is 12.6. The largest absolute Gasteiger partial charge is 0.497 e. The fraction of sp³-hybridized carbons (Fsp3) is 0.435. The Morgan fingerprint density at radius 1 is 1.03 bits per heavy atom. The smallest absolute Gasteiger partial charge is 0.340 e. The van der Waals surface area contributed by atoms with Crippen LogP contribution >= 0.6 is 0 Å². The third kappa shape index (κ3) is 4.90. The van der Waals surface area contributed by atoms with Crippen LogP contribution in [-0.2, 0) is 19.1 Å². The van der Waals surface area contributed by atoms with Crippen molar-refractivity contribution in [3.8, 4) is 11.4 Å². The Bertz CT molecular complexity index is 955. The number of ether oxygens (including phenoxy) is 3. The number of piperidine rings is 1.